The van der Waals surface area contributed by atoms with E-state index in [1.807, 2.05) is 0 Å². The highest BCUT2D eigenvalue weighted by molar-refractivity contribution is 5.20. The zero-order valence-corrected chi connectivity index (χ0v) is 7.81. The Morgan fingerprint density at radius 2 is 1.79 bits per heavy atom. The normalized spacial score (nSPS) is 14.0. The lowest BCUT2D eigenvalue weighted by Gasteiger charge is -2.21. The van der Waals surface area contributed by atoms with Gasteiger partial charge in [-0.3, -0.25) is 0 Å². The van der Waals surface area contributed by atoms with Crippen LogP contribution < -0.4 is 5.32 Å². The SMILES string of the molecule is CCNC(c1ccccc1)C(F)(F)F. The van der Waals surface area contributed by atoms with Crippen molar-refractivity contribution in [1.82, 2.24) is 5.32 Å². The number of nitrogens with one attached hydrogen (secondary N) is 1. The van der Waals surface area contributed by atoms with Crippen LogP contribution in [0.25, 0.3) is 0 Å². The summed E-state index contributed by atoms with van der Waals surface area (Å²) in [6, 6.07) is 6.29. The molecule has 78 valence electrons. The number of hydrogen-bond acceptors (Lipinski definition) is 1. The van der Waals surface area contributed by atoms with Crippen LogP contribution in [-0.4, -0.2) is 12.7 Å². The van der Waals surface area contributed by atoms with Crippen LogP contribution in [0.15, 0.2) is 30.3 Å². The molecule has 0 bridgehead atoms. The Hall–Kier alpha value is -1.03. The van der Waals surface area contributed by atoms with E-state index in [9.17, 15) is 13.2 Å². The topological polar surface area (TPSA) is 12.0 Å². The van der Waals surface area contributed by atoms with Gasteiger partial charge in [0.15, 0.2) is 0 Å². The van der Waals surface area contributed by atoms with Crippen molar-refractivity contribution in [3.63, 3.8) is 0 Å². The third-order valence-electron chi connectivity index (χ3n) is 1.87. The fourth-order valence-corrected chi connectivity index (χ4v) is 1.27. The van der Waals surface area contributed by atoms with Gasteiger partial charge in [0.05, 0.1) is 0 Å². The molecule has 0 saturated carbocycles. The van der Waals surface area contributed by atoms with E-state index in [0.29, 0.717) is 6.54 Å². The molecule has 1 nitrogen and oxygen atoms in total. The van der Waals surface area contributed by atoms with Crippen LogP contribution in [0.2, 0.25) is 0 Å². The first-order valence-electron chi connectivity index (χ1n) is 4.40. The smallest absolute Gasteiger partial charge is 0.303 e. The predicted octanol–water partition coefficient (Wildman–Crippen LogP) is 2.90. The van der Waals surface area contributed by atoms with Gasteiger partial charge in [-0.25, -0.2) is 0 Å². The van der Waals surface area contributed by atoms with Crippen molar-refractivity contribution < 1.29 is 13.2 Å². The fourth-order valence-electron chi connectivity index (χ4n) is 1.27. The molecule has 0 aliphatic rings. The Kier molecular flexibility index (Phi) is 3.52. The van der Waals surface area contributed by atoms with Gasteiger partial charge in [0, 0.05) is 0 Å². The van der Waals surface area contributed by atoms with E-state index in [1.54, 1.807) is 25.1 Å². The number of alkyl halides is 3. The van der Waals surface area contributed by atoms with E-state index in [4.69, 9.17) is 0 Å². The van der Waals surface area contributed by atoms with Crippen molar-refractivity contribution in [1.29, 1.82) is 0 Å². The van der Waals surface area contributed by atoms with Crippen LogP contribution in [0, 0.1) is 0 Å². The van der Waals surface area contributed by atoms with Gasteiger partial charge in [0.2, 0.25) is 0 Å². The predicted molar refractivity (Wildman–Crippen MR) is 48.9 cm³/mol. The molecule has 1 N–H and O–H groups in total. The van der Waals surface area contributed by atoms with Crippen molar-refractivity contribution in [2.24, 2.45) is 0 Å². The maximum atomic E-state index is 12.5. The third-order valence-corrected chi connectivity index (χ3v) is 1.87. The summed E-state index contributed by atoms with van der Waals surface area (Å²) >= 11 is 0. The van der Waals surface area contributed by atoms with Crippen LogP contribution >= 0.6 is 0 Å². The molecule has 1 aromatic rings. The Morgan fingerprint density at radius 3 is 2.21 bits per heavy atom. The van der Waals surface area contributed by atoms with Gasteiger partial charge in [0.1, 0.15) is 6.04 Å². The highest BCUT2D eigenvalue weighted by atomic mass is 19.4. The van der Waals surface area contributed by atoms with Gasteiger partial charge in [-0.15, -0.1) is 0 Å². The highest BCUT2D eigenvalue weighted by Gasteiger charge is 2.39. The minimum Gasteiger partial charge on any atom is -0.303 e. The second kappa shape index (κ2) is 4.46. The van der Waals surface area contributed by atoms with Crippen molar-refractivity contribution in [3.05, 3.63) is 35.9 Å². The lowest BCUT2D eigenvalue weighted by molar-refractivity contribution is -0.157. The van der Waals surface area contributed by atoms with Gasteiger partial charge in [-0.2, -0.15) is 13.2 Å². The van der Waals surface area contributed by atoms with Gasteiger partial charge in [0.25, 0.3) is 0 Å². The number of benzene rings is 1. The van der Waals surface area contributed by atoms with Crippen molar-refractivity contribution in [3.8, 4) is 0 Å². The Balaban J connectivity index is 2.89. The van der Waals surface area contributed by atoms with Gasteiger partial charge in [-0.1, -0.05) is 37.3 Å². The van der Waals surface area contributed by atoms with E-state index in [1.165, 1.54) is 12.1 Å². The molecule has 0 spiro atoms. The molecule has 0 aliphatic heterocycles. The zero-order chi connectivity index (χ0) is 10.6. The summed E-state index contributed by atoms with van der Waals surface area (Å²) < 4.78 is 37.6. The monoisotopic (exact) mass is 203 g/mol. The lowest BCUT2D eigenvalue weighted by Crippen LogP contribution is -2.33. The molecule has 1 atom stereocenters. The fraction of sp³-hybridized carbons (Fsp3) is 0.400. The van der Waals surface area contributed by atoms with Gasteiger partial charge >= 0.3 is 6.18 Å². The molecule has 0 heterocycles. The molecule has 0 amide bonds. The molecular weight excluding hydrogens is 191 g/mol. The molecule has 0 fully saturated rings. The summed E-state index contributed by atoms with van der Waals surface area (Å²) in [5.74, 6) is 0. The first-order valence-corrected chi connectivity index (χ1v) is 4.40. The Bertz CT molecular complexity index is 268. The molecule has 1 unspecified atom stereocenters. The average Bonchev–Trinajstić information content (AvgIpc) is 2.14. The number of hydrogen-bond donors (Lipinski definition) is 1. The van der Waals surface area contributed by atoms with Crippen LogP contribution in [0.4, 0.5) is 13.2 Å². The van der Waals surface area contributed by atoms with E-state index < -0.39 is 12.2 Å². The van der Waals surface area contributed by atoms with Gasteiger partial charge in [-0.05, 0) is 12.1 Å². The first kappa shape index (κ1) is 11.0. The maximum Gasteiger partial charge on any atom is 0.407 e. The summed E-state index contributed by atoms with van der Waals surface area (Å²) in [7, 11) is 0. The van der Waals surface area contributed by atoms with Gasteiger partial charge < -0.3 is 5.32 Å². The number of rotatable bonds is 3. The molecular formula is C10H12F3N. The summed E-state index contributed by atoms with van der Waals surface area (Å²) in [5.41, 5.74) is 0.252. The summed E-state index contributed by atoms with van der Waals surface area (Å²) in [4.78, 5) is 0. The number of halogens is 3. The van der Waals surface area contributed by atoms with E-state index in [-0.39, 0.29) is 5.56 Å². The molecule has 14 heavy (non-hydrogen) atoms. The molecule has 0 saturated heterocycles. The second-order valence-corrected chi connectivity index (χ2v) is 2.94. The first-order chi connectivity index (χ1) is 6.55. The summed E-state index contributed by atoms with van der Waals surface area (Å²) in [6.45, 7) is 1.95. The van der Waals surface area contributed by atoms with Crippen molar-refractivity contribution in [2.75, 3.05) is 6.54 Å². The molecule has 1 aromatic carbocycles. The molecule has 0 aromatic heterocycles. The minimum atomic E-state index is -4.24. The van der Waals surface area contributed by atoms with Crippen LogP contribution in [-0.2, 0) is 0 Å². The largest absolute Gasteiger partial charge is 0.407 e. The minimum absolute atomic E-state index is 0.252. The lowest BCUT2D eigenvalue weighted by atomic mass is 10.1. The molecule has 1 rings (SSSR count). The van der Waals surface area contributed by atoms with E-state index in [2.05, 4.69) is 5.32 Å². The Labute approximate surface area is 80.9 Å². The summed E-state index contributed by atoms with van der Waals surface area (Å²) in [5, 5.41) is 2.41. The standard InChI is InChI=1S/C10H12F3N/c1-2-14-9(10(11,12)13)8-6-4-3-5-7-8/h3-7,9,14H,2H2,1H3. The summed E-state index contributed by atoms with van der Waals surface area (Å²) in [6.07, 6.45) is -4.24. The maximum absolute atomic E-state index is 12.5. The Morgan fingerprint density at radius 1 is 1.21 bits per heavy atom. The third kappa shape index (κ3) is 2.73. The van der Waals surface area contributed by atoms with E-state index in [0.717, 1.165) is 0 Å². The highest BCUT2D eigenvalue weighted by Crippen LogP contribution is 2.32. The van der Waals surface area contributed by atoms with Crippen LogP contribution in [0.1, 0.15) is 18.5 Å². The second-order valence-electron chi connectivity index (χ2n) is 2.94. The van der Waals surface area contributed by atoms with Crippen LogP contribution in [0.3, 0.4) is 0 Å². The molecule has 4 heteroatoms. The molecule has 0 aliphatic carbocycles. The zero-order valence-electron chi connectivity index (χ0n) is 7.81. The average molecular weight is 203 g/mol. The van der Waals surface area contributed by atoms with Crippen molar-refractivity contribution in [2.45, 2.75) is 19.1 Å². The van der Waals surface area contributed by atoms with Crippen molar-refractivity contribution >= 4 is 0 Å². The van der Waals surface area contributed by atoms with E-state index >= 15 is 0 Å². The molecule has 0 radical (unpaired) electrons. The van der Waals surface area contributed by atoms with Crippen LogP contribution in [0.5, 0.6) is 0 Å². The quantitative estimate of drug-likeness (QED) is 0.796.